The molecule has 1 atom stereocenters. The molecule has 1 fully saturated rings. The number of likely N-dealkylation sites (tertiary alicyclic amines) is 1. The Morgan fingerprint density at radius 3 is 2.69 bits per heavy atom. The van der Waals surface area contributed by atoms with Crippen LogP contribution in [0.5, 0.6) is 5.75 Å². The van der Waals surface area contributed by atoms with Crippen molar-refractivity contribution in [2.24, 2.45) is 5.92 Å². The van der Waals surface area contributed by atoms with Crippen LogP contribution in [0.15, 0.2) is 24.3 Å². The summed E-state index contributed by atoms with van der Waals surface area (Å²) in [5.41, 5.74) is 0.881. The minimum absolute atomic E-state index is 0.0613. The molecular weight excluding hydrogens is 335 g/mol. The number of amides is 1. The smallest absolute Gasteiger partial charge is 0.228 e. The number of rotatable bonds is 7. The van der Waals surface area contributed by atoms with E-state index in [1.165, 1.54) is 12.8 Å². The van der Waals surface area contributed by atoms with Crippen LogP contribution in [0.1, 0.15) is 26.2 Å². The normalized spacial score (nSPS) is 15.8. The third-order valence-corrected chi connectivity index (χ3v) is 4.85. The molecule has 0 spiro atoms. The van der Waals surface area contributed by atoms with Crippen LogP contribution in [-0.4, -0.2) is 47.7 Å². The number of methoxy groups -OCH3 is 1. The van der Waals surface area contributed by atoms with E-state index in [0.717, 1.165) is 26.1 Å². The van der Waals surface area contributed by atoms with Gasteiger partial charge in [0.2, 0.25) is 5.91 Å². The molecule has 1 aliphatic heterocycles. The molecule has 1 saturated heterocycles. The monoisotopic (exact) mass is 360 g/mol. The molecule has 1 aliphatic rings. The highest BCUT2D eigenvalue weighted by Gasteiger charge is 2.21. The van der Waals surface area contributed by atoms with Crippen molar-refractivity contribution in [3.05, 3.63) is 30.1 Å². The number of aromatic amines is 1. The van der Waals surface area contributed by atoms with E-state index in [4.69, 9.17) is 4.74 Å². The van der Waals surface area contributed by atoms with Crippen LogP contribution in [0.4, 0.5) is 10.2 Å². The Balaban J connectivity index is 1.60. The zero-order valence-electron chi connectivity index (χ0n) is 15.2. The molecular formula is C19H25FN4O2. The summed E-state index contributed by atoms with van der Waals surface area (Å²) in [6.07, 6.45) is 3.21. The molecule has 0 aliphatic carbocycles. The molecule has 140 valence electrons. The maximum absolute atomic E-state index is 14.6. The minimum atomic E-state index is -0.560. The average molecular weight is 360 g/mol. The van der Waals surface area contributed by atoms with Crippen LogP contribution >= 0.6 is 0 Å². The molecule has 1 aromatic carbocycles. The summed E-state index contributed by atoms with van der Waals surface area (Å²) in [6.45, 7) is 4.97. The van der Waals surface area contributed by atoms with Gasteiger partial charge in [0.15, 0.2) is 11.6 Å². The third kappa shape index (κ3) is 4.22. The summed E-state index contributed by atoms with van der Waals surface area (Å²) in [6, 6.07) is 6.96. The predicted molar refractivity (Wildman–Crippen MR) is 98.6 cm³/mol. The lowest BCUT2D eigenvalue weighted by Gasteiger charge is -2.17. The standard InChI is InChI=1S/C19H25FN4O2/c1-13(9-12-24-10-3-4-11-24)19(25)21-18-16(20)17(22-23-18)14-5-7-15(26-2)8-6-14/h5-8,13H,3-4,9-12H2,1-2H3,(H2,21,22,23,25). The first-order valence-electron chi connectivity index (χ1n) is 9.00. The number of hydrogen-bond acceptors (Lipinski definition) is 4. The first-order chi connectivity index (χ1) is 12.6. The lowest BCUT2D eigenvalue weighted by Crippen LogP contribution is -2.27. The largest absolute Gasteiger partial charge is 0.497 e. The highest BCUT2D eigenvalue weighted by atomic mass is 19.1. The predicted octanol–water partition coefficient (Wildman–Crippen LogP) is 3.28. The number of carbonyl (C=O) groups is 1. The Bertz CT molecular complexity index is 738. The van der Waals surface area contributed by atoms with Gasteiger partial charge in [-0.3, -0.25) is 9.89 Å². The van der Waals surface area contributed by atoms with Crippen molar-refractivity contribution in [2.75, 3.05) is 32.1 Å². The number of nitrogens with zero attached hydrogens (tertiary/aromatic N) is 2. The van der Waals surface area contributed by atoms with E-state index in [1.807, 2.05) is 6.92 Å². The fraction of sp³-hybridized carbons (Fsp3) is 0.474. The zero-order chi connectivity index (χ0) is 18.5. The van der Waals surface area contributed by atoms with Gasteiger partial charge < -0.3 is 15.0 Å². The number of nitrogens with one attached hydrogen (secondary N) is 2. The first kappa shape index (κ1) is 18.4. The van der Waals surface area contributed by atoms with E-state index in [0.29, 0.717) is 11.3 Å². The van der Waals surface area contributed by atoms with Crippen molar-refractivity contribution in [1.82, 2.24) is 15.1 Å². The van der Waals surface area contributed by atoms with Crippen molar-refractivity contribution in [3.63, 3.8) is 0 Å². The van der Waals surface area contributed by atoms with Gasteiger partial charge in [0.25, 0.3) is 0 Å². The summed E-state index contributed by atoms with van der Waals surface area (Å²) < 4.78 is 19.7. The van der Waals surface area contributed by atoms with Gasteiger partial charge >= 0.3 is 0 Å². The second-order valence-electron chi connectivity index (χ2n) is 6.72. The van der Waals surface area contributed by atoms with E-state index in [9.17, 15) is 9.18 Å². The van der Waals surface area contributed by atoms with E-state index >= 15 is 0 Å². The average Bonchev–Trinajstić information content (AvgIpc) is 3.30. The molecule has 0 radical (unpaired) electrons. The molecule has 3 rings (SSSR count). The molecule has 7 heteroatoms. The van der Waals surface area contributed by atoms with Gasteiger partial charge in [-0.2, -0.15) is 5.10 Å². The number of ether oxygens (including phenoxy) is 1. The second-order valence-corrected chi connectivity index (χ2v) is 6.72. The summed E-state index contributed by atoms with van der Waals surface area (Å²) in [5, 5.41) is 9.18. The van der Waals surface area contributed by atoms with Crippen LogP contribution in [0, 0.1) is 11.7 Å². The zero-order valence-corrected chi connectivity index (χ0v) is 15.2. The van der Waals surface area contributed by atoms with Gasteiger partial charge in [0.05, 0.1) is 7.11 Å². The van der Waals surface area contributed by atoms with Gasteiger partial charge in [0.1, 0.15) is 11.4 Å². The lowest BCUT2D eigenvalue weighted by molar-refractivity contribution is -0.119. The Kier molecular flexibility index (Phi) is 5.88. The van der Waals surface area contributed by atoms with Crippen molar-refractivity contribution in [2.45, 2.75) is 26.2 Å². The number of halogens is 1. The van der Waals surface area contributed by atoms with E-state index in [2.05, 4.69) is 20.4 Å². The van der Waals surface area contributed by atoms with Crippen molar-refractivity contribution >= 4 is 11.7 Å². The number of benzene rings is 1. The highest BCUT2D eigenvalue weighted by Crippen LogP contribution is 2.27. The Hall–Kier alpha value is -2.41. The van der Waals surface area contributed by atoms with Crippen LogP contribution in [0.25, 0.3) is 11.3 Å². The molecule has 1 amide bonds. The maximum atomic E-state index is 14.6. The Labute approximate surface area is 152 Å². The number of anilines is 1. The molecule has 2 heterocycles. The van der Waals surface area contributed by atoms with Gasteiger partial charge in [-0.05, 0) is 63.2 Å². The molecule has 26 heavy (non-hydrogen) atoms. The number of H-pyrrole nitrogens is 1. The topological polar surface area (TPSA) is 70.2 Å². The van der Waals surface area contributed by atoms with E-state index in [1.54, 1.807) is 31.4 Å². The molecule has 2 aromatic rings. The third-order valence-electron chi connectivity index (χ3n) is 4.85. The Morgan fingerprint density at radius 2 is 2.04 bits per heavy atom. The summed E-state index contributed by atoms with van der Waals surface area (Å²) in [4.78, 5) is 14.7. The molecule has 2 N–H and O–H groups in total. The van der Waals surface area contributed by atoms with Gasteiger partial charge in [-0.1, -0.05) is 6.92 Å². The van der Waals surface area contributed by atoms with Crippen molar-refractivity contribution in [3.8, 4) is 17.0 Å². The van der Waals surface area contributed by atoms with Crippen LogP contribution < -0.4 is 10.1 Å². The summed E-state index contributed by atoms with van der Waals surface area (Å²) >= 11 is 0. The second kappa shape index (κ2) is 8.31. The number of aromatic nitrogens is 2. The van der Waals surface area contributed by atoms with Gasteiger partial charge in [-0.15, -0.1) is 0 Å². The molecule has 1 unspecified atom stereocenters. The minimum Gasteiger partial charge on any atom is -0.497 e. The van der Waals surface area contributed by atoms with Crippen LogP contribution in [0.2, 0.25) is 0 Å². The molecule has 0 bridgehead atoms. The van der Waals surface area contributed by atoms with Crippen molar-refractivity contribution in [1.29, 1.82) is 0 Å². The van der Waals surface area contributed by atoms with E-state index < -0.39 is 5.82 Å². The fourth-order valence-electron chi connectivity index (χ4n) is 3.11. The lowest BCUT2D eigenvalue weighted by atomic mass is 10.1. The summed E-state index contributed by atoms with van der Waals surface area (Å²) in [7, 11) is 1.57. The van der Waals surface area contributed by atoms with E-state index in [-0.39, 0.29) is 23.3 Å². The number of carbonyl (C=O) groups excluding carboxylic acids is 1. The first-order valence-corrected chi connectivity index (χ1v) is 9.00. The van der Waals surface area contributed by atoms with Gasteiger partial charge in [-0.25, -0.2) is 4.39 Å². The quantitative estimate of drug-likeness (QED) is 0.795. The number of hydrogen-bond donors (Lipinski definition) is 2. The molecule has 0 saturated carbocycles. The molecule has 1 aromatic heterocycles. The maximum Gasteiger partial charge on any atom is 0.228 e. The Morgan fingerprint density at radius 1 is 1.35 bits per heavy atom. The van der Waals surface area contributed by atoms with Crippen molar-refractivity contribution < 1.29 is 13.9 Å². The van der Waals surface area contributed by atoms with Crippen LogP contribution in [-0.2, 0) is 4.79 Å². The highest BCUT2D eigenvalue weighted by molar-refractivity contribution is 5.92. The molecule has 6 nitrogen and oxygen atoms in total. The SMILES string of the molecule is COc1ccc(-c2[nH]nc(NC(=O)C(C)CCN3CCCC3)c2F)cc1. The fourth-order valence-corrected chi connectivity index (χ4v) is 3.11. The summed E-state index contributed by atoms with van der Waals surface area (Å²) in [5.74, 6) is -0.342. The van der Waals surface area contributed by atoms with Crippen LogP contribution in [0.3, 0.4) is 0 Å². The van der Waals surface area contributed by atoms with Gasteiger partial charge in [0, 0.05) is 11.5 Å².